The van der Waals surface area contributed by atoms with Crippen LogP contribution in [0.5, 0.6) is 0 Å². The van der Waals surface area contributed by atoms with Gasteiger partial charge in [-0.05, 0) is 23.3 Å². The lowest BCUT2D eigenvalue weighted by Crippen LogP contribution is -2.26. The largest absolute Gasteiger partial charge is 0.261 e. The maximum Gasteiger partial charge on any atom is 0.0468 e. The number of benzene rings is 1. The fraction of sp³-hybridized carbons (Fsp3) is 0.211. The molecule has 1 atom stereocenters. The van der Waals surface area contributed by atoms with Crippen LogP contribution in [-0.2, 0) is 5.41 Å². The summed E-state index contributed by atoms with van der Waals surface area (Å²) in [5, 5.41) is 0. The molecule has 20 heavy (non-hydrogen) atoms. The van der Waals surface area contributed by atoms with Crippen LogP contribution in [0.4, 0.5) is 0 Å². The van der Waals surface area contributed by atoms with E-state index in [9.17, 15) is 0 Å². The molecule has 1 heterocycles. The van der Waals surface area contributed by atoms with E-state index in [0.29, 0.717) is 5.92 Å². The van der Waals surface area contributed by atoms with Gasteiger partial charge in [0.25, 0.3) is 0 Å². The summed E-state index contributed by atoms with van der Waals surface area (Å²) in [7, 11) is 0. The van der Waals surface area contributed by atoms with E-state index in [1.54, 1.807) is 0 Å². The third-order valence-electron chi connectivity index (χ3n) is 4.11. The Labute approximate surface area is 120 Å². The number of nitrogens with zero attached hydrogens (tertiary/aromatic N) is 1. The van der Waals surface area contributed by atoms with Crippen molar-refractivity contribution in [3.63, 3.8) is 0 Å². The van der Waals surface area contributed by atoms with Crippen LogP contribution in [0.15, 0.2) is 73.0 Å². The van der Waals surface area contributed by atoms with Crippen LogP contribution in [0.3, 0.4) is 0 Å². The Morgan fingerprint density at radius 3 is 2.40 bits per heavy atom. The van der Waals surface area contributed by atoms with E-state index in [2.05, 4.69) is 79.5 Å². The van der Waals surface area contributed by atoms with E-state index in [1.165, 1.54) is 11.1 Å². The first kappa shape index (κ1) is 12.9. The zero-order chi connectivity index (χ0) is 14.0. The van der Waals surface area contributed by atoms with E-state index >= 15 is 0 Å². The molecule has 1 aliphatic rings. The van der Waals surface area contributed by atoms with Crippen molar-refractivity contribution in [2.24, 2.45) is 5.92 Å². The second-order valence-electron chi connectivity index (χ2n) is 5.81. The lowest BCUT2D eigenvalue weighted by atomic mass is 9.76. The molecule has 3 rings (SSSR count). The van der Waals surface area contributed by atoms with Crippen LogP contribution >= 0.6 is 0 Å². The van der Waals surface area contributed by atoms with Crippen LogP contribution in [0, 0.1) is 5.92 Å². The van der Waals surface area contributed by atoms with Crippen LogP contribution in [0.2, 0.25) is 0 Å². The molecule has 1 unspecified atom stereocenters. The van der Waals surface area contributed by atoms with E-state index in [-0.39, 0.29) is 5.41 Å². The van der Waals surface area contributed by atoms with Gasteiger partial charge in [0.05, 0.1) is 0 Å². The van der Waals surface area contributed by atoms with E-state index in [0.717, 1.165) is 5.69 Å². The Balaban J connectivity index is 1.91. The second kappa shape index (κ2) is 5.09. The predicted molar refractivity (Wildman–Crippen MR) is 84.3 cm³/mol. The quantitative estimate of drug-likeness (QED) is 0.785. The highest BCUT2D eigenvalue weighted by molar-refractivity contribution is 5.77. The Bertz CT molecular complexity index is 636. The molecule has 0 radical (unpaired) electrons. The van der Waals surface area contributed by atoms with Crippen molar-refractivity contribution in [2.45, 2.75) is 19.3 Å². The van der Waals surface area contributed by atoms with Crippen LogP contribution in [0.1, 0.15) is 25.1 Å². The Kier molecular flexibility index (Phi) is 3.27. The maximum absolute atomic E-state index is 4.53. The predicted octanol–water partition coefficient (Wildman–Crippen LogP) is 4.63. The van der Waals surface area contributed by atoms with Gasteiger partial charge in [-0.15, -0.1) is 0 Å². The fourth-order valence-electron chi connectivity index (χ4n) is 2.70. The summed E-state index contributed by atoms with van der Waals surface area (Å²) in [6, 6.07) is 16.7. The lowest BCUT2D eigenvalue weighted by molar-refractivity contribution is 0.435. The molecule has 0 spiro atoms. The number of hydrogen-bond acceptors (Lipinski definition) is 1. The minimum absolute atomic E-state index is 0.00822. The normalized spacial score (nSPS) is 18.1. The standard InChI is InChI=1S/C19H19N/c1-19(2,18-10-6-7-13-20-18)17-12-11-16(14-17)15-8-4-3-5-9-15/h3-14,17H,1-2H3. The first-order valence-electron chi connectivity index (χ1n) is 7.05. The Morgan fingerprint density at radius 2 is 1.70 bits per heavy atom. The third kappa shape index (κ3) is 2.32. The minimum atomic E-state index is 0.00822. The molecule has 100 valence electrons. The topological polar surface area (TPSA) is 12.9 Å². The van der Waals surface area contributed by atoms with Crippen molar-refractivity contribution in [1.29, 1.82) is 0 Å². The molecule has 1 aromatic carbocycles. The molecule has 0 amide bonds. The smallest absolute Gasteiger partial charge is 0.0468 e. The number of rotatable bonds is 3. The van der Waals surface area contributed by atoms with Gasteiger partial charge in [0.1, 0.15) is 0 Å². The average Bonchev–Trinajstić information content (AvgIpc) is 3.00. The molecule has 1 nitrogen and oxygen atoms in total. The van der Waals surface area contributed by atoms with Crippen molar-refractivity contribution >= 4 is 5.57 Å². The van der Waals surface area contributed by atoms with Gasteiger partial charge in [0.15, 0.2) is 0 Å². The summed E-state index contributed by atoms with van der Waals surface area (Å²) >= 11 is 0. The van der Waals surface area contributed by atoms with Crippen molar-refractivity contribution in [2.75, 3.05) is 0 Å². The van der Waals surface area contributed by atoms with Gasteiger partial charge in [-0.1, -0.05) is 68.5 Å². The molecule has 0 fully saturated rings. The highest BCUT2D eigenvalue weighted by Crippen LogP contribution is 2.38. The number of hydrogen-bond donors (Lipinski definition) is 0. The molecule has 0 N–H and O–H groups in total. The highest BCUT2D eigenvalue weighted by Gasteiger charge is 2.31. The fourth-order valence-corrected chi connectivity index (χ4v) is 2.70. The zero-order valence-corrected chi connectivity index (χ0v) is 12.0. The molecule has 1 aromatic heterocycles. The van der Waals surface area contributed by atoms with Gasteiger partial charge in [-0.25, -0.2) is 0 Å². The van der Waals surface area contributed by atoms with E-state index in [4.69, 9.17) is 0 Å². The molecule has 1 aliphatic carbocycles. The second-order valence-corrected chi connectivity index (χ2v) is 5.81. The molecule has 1 heteroatoms. The molecular formula is C19H19N. The summed E-state index contributed by atoms with van der Waals surface area (Å²) in [5.74, 6) is 0.382. The zero-order valence-electron chi connectivity index (χ0n) is 12.0. The highest BCUT2D eigenvalue weighted by atomic mass is 14.7. The van der Waals surface area contributed by atoms with Gasteiger partial charge in [0.2, 0.25) is 0 Å². The summed E-state index contributed by atoms with van der Waals surface area (Å²) in [4.78, 5) is 4.53. The molecule has 0 aliphatic heterocycles. The SMILES string of the molecule is CC(C)(c1ccccn1)C1C=CC(c2ccccc2)=C1. The molecule has 0 saturated carbocycles. The van der Waals surface area contributed by atoms with E-state index < -0.39 is 0 Å². The third-order valence-corrected chi connectivity index (χ3v) is 4.11. The van der Waals surface area contributed by atoms with Crippen molar-refractivity contribution in [3.05, 3.63) is 84.2 Å². The van der Waals surface area contributed by atoms with Crippen LogP contribution < -0.4 is 0 Å². The minimum Gasteiger partial charge on any atom is -0.261 e. The van der Waals surface area contributed by atoms with Crippen molar-refractivity contribution in [3.8, 4) is 0 Å². The first-order valence-corrected chi connectivity index (χ1v) is 7.05. The Hall–Kier alpha value is -2.15. The van der Waals surface area contributed by atoms with E-state index in [1.807, 2.05) is 12.3 Å². The van der Waals surface area contributed by atoms with Gasteiger partial charge in [-0.3, -0.25) is 4.98 Å². The summed E-state index contributed by atoms with van der Waals surface area (Å²) in [6.45, 7) is 4.52. The molecule has 0 saturated heterocycles. The summed E-state index contributed by atoms with van der Waals surface area (Å²) in [5.41, 5.74) is 3.73. The summed E-state index contributed by atoms with van der Waals surface area (Å²) < 4.78 is 0. The molecule has 0 bridgehead atoms. The Morgan fingerprint density at radius 1 is 0.950 bits per heavy atom. The molecular weight excluding hydrogens is 242 g/mol. The average molecular weight is 261 g/mol. The monoisotopic (exact) mass is 261 g/mol. The van der Waals surface area contributed by atoms with Crippen LogP contribution in [0.25, 0.3) is 5.57 Å². The van der Waals surface area contributed by atoms with Gasteiger partial charge < -0.3 is 0 Å². The van der Waals surface area contributed by atoms with Crippen molar-refractivity contribution < 1.29 is 0 Å². The maximum atomic E-state index is 4.53. The van der Waals surface area contributed by atoms with Crippen molar-refractivity contribution in [1.82, 2.24) is 4.98 Å². The first-order chi connectivity index (χ1) is 9.68. The van der Waals surface area contributed by atoms with Gasteiger partial charge >= 0.3 is 0 Å². The van der Waals surface area contributed by atoms with Crippen LogP contribution in [-0.4, -0.2) is 4.98 Å². The van der Waals surface area contributed by atoms with Gasteiger partial charge in [-0.2, -0.15) is 0 Å². The number of aromatic nitrogens is 1. The number of pyridine rings is 1. The number of allylic oxidation sites excluding steroid dienone is 4. The lowest BCUT2D eigenvalue weighted by Gasteiger charge is -2.28. The molecule has 2 aromatic rings. The summed E-state index contributed by atoms with van der Waals surface area (Å²) in [6.07, 6.45) is 8.74. The van der Waals surface area contributed by atoms with Gasteiger partial charge in [0, 0.05) is 23.2 Å².